The van der Waals surface area contributed by atoms with Crippen molar-refractivity contribution in [1.29, 1.82) is 0 Å². The highest BCUT2D eigenvalue weighted by atomic mass is 31.2. The summed E-state index contributed by atoms with van der Waals surface area (Å²) in [6.45, 7) is 8.51. The molecule has 0 bridgehead atoms. The minimum atomic E-state index is -1.74. The first-order chi connectivity index (χ1) is 43.3. The molecule has 434 valence electrons. The van der Waals surface area contributed by atoms with Gasteiger partial charge in [0.15, 0.2) is 0 Å². The third-order valence-corrected chi connectivity index (χ3v) is 21.8. The van der Waals surface area contributed by atoms with E-state index in [0.29, 0.717) is 34.1 Å². The maximum absolute atomic E-state index is 8.23. The van der Waals surface area contributed by atoms with Crippen molar-refractivity contribution >= 4 is 33.8 Å². The highest BCUT2D eigenvalue weighted by Crippen LogP contribution is 2.65. The molecule has 0 fully saturated rings. The number of aromatic nitrogens is 8. The van der Waals surface area contributed by atoms with E-state index >= 15 is 0 Å². The van der Waals surface area contributed by atoms with Crippen molar-refractivity contribution in [3.8, 4) is 78.6 Å². The predicted molar refractivity (Wildman–Crippen MR) is 361 cm³/mol. The fourth-order valence-electron chi connectivity index (χ4n) is 10.6. The lowest BCUT2D eigenvalue weighted by molar-refractivity contribution is 0.559. The molecule has 12 nitrogen and oxygen atoms in total. The van der Waals surface area contributed by atoms with Crippen LogP contribution in [0.25, 0.3) is 55.6 Å². The molecule has 8 heterocycles. The van der Waals surface area contributed by atoms with Crippen LogP contribution in [0.1, 0.15) is 22.3 Å². The van der Waals surface area contributed by atoms with Crippen molar-refractivity contribution in [2.24, 2.45) is 0 Å². The van der Waals surface area contributed by atoms with Crippen molar-refractivity contribution in [1.82, 2.24) is 34.7 Å². The molecule has 6 aromatic carbocycles. The Kier molecular flexibility index (Phi) is 16.0. The number of benzene rings is 6. The van der Waals surface area contributed by atoms with Gasteiger partial charge in [-0.1, -0.05) is 119 Å². The summed E-state index contributed by atoms with van der Waals surface area (Å²) in [5.74, 6) is 2.23. The molecule has 14 rings (SSSR count). The van der Waals surface area contributed by atoms with Crippen molar-refractivity contribution in [3.05, 3.63) is 328 Å². The number of nitrogens with zero attached hydrogens (tertiary/aromatic N) is 8. The first kappa shape index (κ1) is 56.3. The Morgan fingerprint density at radius 2 is 0.364 bits per heavy atom. The number of hydrogen-bond acceptors (Lipinski definition) is 4. The summed E-state index contributed by atoms with van der Waals surface area (Å²) in [5.41, 5.74) is 12.9. The first-order valence-electron chi connectivity index (χ1n) is 29.0. The van der Waals surface area contributed by atoms with Crippen LogP contribution in [0.3, 0.4) is 0 Å². The number of rotatable bonds is 21. The molecule has 88 heavy (non-hydrogen) atoms. The largest absolute Gasteiger partial charge is 0.434 e. The van der Waals surface area contributed by atoms with E-state index in [2.05, 4.69) is 271 Å². The van der Waals surface area contributed by atoms with Gasteiger partial charge in [-0.2, -0.15) is 0 Å². The number of hydrogen-bond donors (Lipinski definition) is 0. The molecule has 14 aromatic rings. The molecule has 0 saturated carbocycles. The Bertz CT molecular complexity index is 3800. The lowest BCUT2D eigenvalue weighted by Crippen LogP contribution is -2.11. The van der Waals surface area contributed by atoms with E-state index in [1.165, 1.54) is 0 Å². The quantitative estimate of drug-likeness (QED) is 0.0672. The van der Waals surface area contributed by atoms with Gasteiger partial charge in [-0.15, -0.1) is 0 Å². The number of aryl methyl sites for hydroxylation is 4. The van der Waals surface area contributed by atoms with Crippen LogP contribution in [-0.4, -0.2) is 34.7 Å². The molecule has 0 N–H and O–H groups in total. The third-order valence-electron chi connectivity index (χ3n) is 15.1. The zero-order valence-corrected chi connectivity index (χ0v) is 52.4. The standard InChI is InChI=1S/C72H62N8O4P4/c1-55-21-29-59(30-22-55)63-53-64(60-31-23-56(2)24-32-60)70(82-86(75-41-9-10-42-75)76-43-11-12-44-76)67(69(63)81-85(73-37-5-6-38-73)74-39-7-8-40-74)68-71(83-87(77-45-13-14-46-77)78-47-15-16-48-78)65(61-33-25-57(3)26-34-61)54-66(62-35-27-58(4)28-36-62)72(68)84-88(79-49-17-18-50-79)80-51-19-20-52-80/h5-54H,1-4H3. The molecule has 0 saturated heterocycles. The summed E-state index contributed by atoms with van der Waals surface area (Å²) in [5, 5.41) is 0. The second-order valence-corrected chi connectivity index (χ2v) is 27.8. The van der Waals surface area contributed by atoms with Gasteiger partial charge in [-0.25, -0.2) is 0 Å². The SMILES string of the molecule is Cc1ccc(-c2cc(-c3ccc(C)cc3)c(OP(n3cccc3)n3cccc3)c(-c3c(OP(n4cccc4)n4cccc4)c(-c4ccc(C)cc4)cc(-c4ccc(C)cc4)c3OP(n3cccc3)n3cccc3)c2OP(n2cccc2)n2cccc2)cc1. The average Bonchev–Trinajstić information content (AvgIpc) is 1.53. The molecule has 16 heteroatoms. The van der Waals surface area contributed by atoms with E-state index in [0.717, 1.165) is 66.8 Å². The van der Waals surface area contributed by atoms with Crippen molar-refractivity contribution in [3.63, 3.8) is 0 Å². The van der Waals surface area contributed by atoms with E-state index in [4.69, 9.17) is 18.1 Å². The molecule has 0 radical (unpaired) electrons. The van der Waals surface area contributed by atoms with Crippen LogP contribution in [0.4, 0.5) is 0 Å². The maximum atomic E-state index is 8.23. The summed E-state index contributed by atoms with van der Waals surface area (Å²) in [6, 6.07) is 72.3. The average molecular weight is 1230 g/mol. The molecule has 0 atom stereocenters. The monoisotopic (exact) mass is 1230 g/mol. The molecule has 8 aromatic heterocycles. The molecular weight excluding hydrogens is 1160 g/mol. The van der Waals surface area contributed by atoms with Crippen LogP contribution >= 0.6 is 33.8 Å². The predicted octanol–water partition coefficient (Wildman–Crippen LogP) is 20.5. The van der Waals surface area contributed by atoms with Gasteiger partial charge in [0, 0.05) is 121 Å². The van der Waals surface area contributed by atoms with Crippen LogP contribution in [-0.2, 0) is 0 Å². The molecule has 0 aliphatic carbocycles. The van der Waals surface area contributed by atoms with Crippen molar-refractivity contribution in [2.75, 3.05) is 0 Å². The smallest absolute Gasteiger partial charge is 0.317 e. The normalized spacial score (nSPS) is 11.6. The fraction of sp³-hybridized carbons (Fsp3) is 0.0556. The Balaban J connectivity index is 1.23. The highest BCUT2D eigenvalue weighted by Gasteiger charge is 2.38. The summed E-state index contributed by atoms with van der Waals surface area (Å²) in [4.78, 5) is 0. The second-order valence-electron chi connectivity index (χ2n) is 21.4. The maximum Gasteiger partial charge on any atom is 0.317 e. The van der Waals surface area contributed by atoms with E-state index < -0.39 is 33.8 Å². The van der Waals surface area contributed by atoms with Crippen molar-refractivity contribution in [2.45, 2.75) is 27.7 Å². The minimum absolute atomic E-state index is 0.557. The second kappa shape index (κ2) is 25.1. The van der Waals surface area contributed by atoms with Crippen LogP contribution in [0.5, 0.6) is 23.0 Å². The Morgan fingerprint density at radius 3 is 0.511 bits per heavy atom. The van der Waals surface area contributed by atoms with Crippen LogP contribution in [0.15, 0.2) is 305 Å². The zero-order chi connectivity index (χ0) is 59.5. The summed E-state index contributed by atoms with van der Waals surface area (Å²) < 4.78 is 50.2. The molecule has 0 amide bonds. The summed E-state index contributed by atoms with van der Waals surface area (Å²) in [7, 11) is -6.98. The summed E-state index contributed by atoms with van der Waals surface area (Å²) >= 11 is 0. The van der Waals surface area contributed by atoms with Gasteiger partial charge in [0.2, 0.25) is 0 Å². The molecule has 0 spiro atoms. The van der Waals surface area contributed by atoms with E-state index in [-0.39, 0.29) is 0 Å². The minimum Gasteiger partial charge on any atom is -0.434 e. The van der Waals surface area contributed by atoms with E-state index in [1.807, 2.05) is 97.1 Å². The van der Waals surface area contributed by atoms with E-state index in [1.54, 1.807) is 0 Å². The van der Waals surface area contributed by atoms with Gasteiger partial charge in [0.1, 0.15) is 23.0 Å². The lowest BCUT2D eigenvalue weighted by atomic mass is 9.86. The van der Waals surface area contributed by atoms with Gasteiger partial charge in [-0.3, -0.25) is 34.7 Å². The third kappa shape index (κ3) is 11.5. The van der Waals surface area contributed by atoms with Gasteiger partial charge in [-0.05, 0) is 159 Å². The highest BCUT2D eigenvalue weighted by molar-refractivity contribution is 7.50. The Labute approximate surface area is 517 Å². The molecule has 0 aliphatic rings. The molecule has 0 aliphatic heterocycles. The van der Waals surface area contributed by atoms with Gasteiger partial charge in [0.25, 0.3) is 0 Å². The fourth-order valence-corrected chi connectivity index (χ4v) is 16.8. The molecule has 0 unspecified atom stereocenters. The molecular formula is C72H62N8O4P4. The topological polar surface area (TPSA) is 76.4 Å². The van der Waals surface area contributed by atoms with Crippen LogP contribution in [0.2, 0.25) is 0 Å². The Hall–Kier alpha value is -9.52. The van der Waals surface area contributed by atoms with Crippen molar-refractivity contribution < 1.29 is 18.1 Å². The zero-order valence-electron chi connectivity index (χ0n) is 48.9. The van der Waals surface area contributed by atoms with Gasteiger partial charge >= 0.3 is 33.8 Å². The Morgan fingerprint density at radius 1 is 0.216 bits per heavy atom. The van der Waals surface area contributed by atoms with Crippen LogP contribution < -0.4 is 18.1 Å². The van der Waals surface area contributed by atoms with Gasteiger partial charge < -0.3 is 18.1 Å². The summed E-state index contributed by atoms with van der Waals surface area (Å²) in [6.07, 6.45) is 33.2. The lowest BCUT2D eigenvalue weighted by Gasteiger charge is -2.32. The van der Waals surface area contributed by atoms with E-state index in [9.17, 15) is 0 Å². The van der Waals surface area contributed by atoms with Crippen LogP contribution in [0, 0.1) is 27.7 Å². The van der Waals surface area contributed by atoms with Gasteiger partial charge in [0.05, 0.1) is 11.1 Å². The first-order valence-corrected chi connectivity index (χ1v) is 33.6.